The third-order valence-electron chi connectivity index (χ3n) is 4.71. The zero-order valence-corrected chi connectivity index (χ0v) is 15.8. The van der Waals surface area contributed by atoms with Crippen molar-refractivity contribution in [2.75, 3.05) is 6.79 Å². The zero-order chi connectivity index (χ0) is 20.6. The Bertz CT molecular complexity index is 1050. The SMILES string of the molecule is O=C(C1=CC2OCOC2C1)N(O)NS(=O)(=O)c1ccc(-c2ccc(F)cc2)cc1. The van der Waals surface area contributed by atoms with Crippen molar-refractivity contribution in [3.8, 4) is 11.1 Å². The number of hydroxylamine groups is 1. The summed E-state index contributed by atoms with van der Waals surface area (Å²) in [6, 6.07) is 11.5. The van der Waals surface area contributed by atoms with Gasteiger partial charge in [0.1, 0.15) is 18.7 Å². The molecule has 1 amide bonds. The topological polar surface area (TPSA) is 105 Å². The minimum Gasteiger partial charge on any atom is -0.349 e. The minimum absolute atomic E-state index is 0.0594. The molecule has 8 nitrogen and oxygen atoms in total. The fourth-order valence-corrected chi connectivity index (χ4v) is 4.10. The molecule has 1 aliphatic carbocycles. The fraction of sp³-hybridized carbons (Fsp3) is 0.211. The van der Waals surface area contributed by atoms with Crippen LogP contribution in [0.25, 0.3) is 11.1 Å². The number of ether oxygens (including phenoxy) is 2. The van der Waals surface area contributed by atoms with Crippen molar-refractivity contribution < 1.29 is 32.3 Å². The van der Waals surface area contributed by atoms with E-state index in [9.17, 15) is 22.8 Å². The van der Waals surface area contributed by atoms with Crippen molar-refractivity contribution in [1.82, 2.24) is 10.0 Å². The Labute approximate surface area is 166 Å². The Hall–Kier alpha value is -2.63. The number of nitrogens with one attached hydrogen (secondary N) is 1. The minimum atomic E-state index is -4.20. The first-order valence-electron chi connectivity index (χ1n) is 8.69. The maximum Gasteiger partial charge on any atom is 0.289 e. The van der Waals surface area contributed by atoms with Crippen LogP contribution in [0.15, 0.2) is 65.1 Å². The Morgan fingerprint density at radius 1 is 1.07 bits per heavy atom. The van der Waals surface area contributed by atoms with E-state index in [-0.39, 0.29) is 46.9 Å². The maximum atomic E-state index is 13.0. The summed E-state index contributed by atoms with van der Waals surface area (Å²) in [5.41, 5.74) is 1.59. The molecule has 29 heavy (non-hydrogen) atoms. The molecule has 2 aliphatic rings. The lowest BCUT2D eigenvalue weighted by molar-refractivity contribution is -0.167. The molecule has 1 saturated heterocycles. The number of nitrogens with zero attached hydrogens (tertiary/aromatic N) is 1. The highest BCUT2D eigenvalue weighted by atomic mass is 32.2. The van der Waals surface area contributed by atoms with Gasteiger partial charge in [-0.05, 0) is 41.5 Å². The molecule has 0 spiro atoms. The van der Waals surface area contributed by atoms with Gasteiger partial charge in [-0.15, -0.1) is 5.17 Å². The molecule has 0 aromatic heterocycles. The molecule has 0 bridgehead atoms. The van der Waals surface area contributed by atoms with Crippen LogP contribution in [0.4, 0.5) is 4.39 Å². The number of halogens is 1. The van der Waals surface area contributed by atoms with Crippen LogP contribution in [0.2, 0.25) is 0 Å². The van der Waals surface area contributed by atoms with Crippen LogP contribution in [0, 0.1) is 5.82 Å². The summed E-state index contributed by atoms with van der Waals surface area (Å²) in [5.74, 6) is -1.28. The monoisotopic (exact) mass is 420 g/mol. The van der Waals surface area contributed by atoms with Crippen molar-refractivity contribution >= 4 is 15.9 Å². The molecule has 2 N–H and O–H groups in total. The summed E-state index contributed by atoms with van der Waals surface area (Å²) >= 11 is 0. The van der Waals surface area contributed by atoms with Crippen LogP contribution in [0.1, 0.15) is 6.42 Å². The number of benzene rings is 2. The van der Waals surface area contributed by atoms with Gasteiger partial charge >= 0.3 is 0 Å². The lowest BCUT2D eigenvalue weighted by atomic mass is 10.1. The number of rotatable bonds is 5. The summed E-state index contributed by atoms with van der Waals surface area (Å²) in [7, 11) is -4.20. The van der Waals surface area contributed by atoms with Crippen LogP contribution in [-0.4, -0.2) is 43.7 Å². The molecule has 10 heteroatoms. The van der Waals surface area contributed by atoms with Crippen LogP contribution in [0.5, 0.6) is 0 Å². The average molecular weight is 420 g/mol. The molecule has 4 rings (SSSR count). The number of fused-ring (bicyclic) bond motifs is 1. The smallest absolute Gasteiger partial charge is 0.289 e. The number of hydrogen-bond acceptors (Lipinski definition) is 6. The first-order valence-corrected chi connectivity index (χ1v) is 10.2. The van der Waals surface area contributed by atoms with Gasteiger partial charge in [-0.2, -0.15) is 0 Å². The Morgan fingerprint density at radius 2 is 1.69 bits per heavy atom. The van der Waals surface area contributed by atoms with E-state index >= 15 is 0 Å². The largest absolute Gasteiger partial charge is 0.349 e. The van der Waals surface area contributed by atoms with Gasteiger partial charge in [-0.25, -0.2) is 12.8 Å². The Balaban J connectivity index is 1.45. The predicted molar refractivity (Wildman–Crippen MR) is 98.1 cm³/mol. The quantitative estimate of drug-likeness (QED) is 0.566. The molecule has 2 atom stereocenters. The van der Waals surface area contributed by atoms with E-state index in [4.69, 9.17) is 9.47 Å². The van der Waals surface area contributed by atoms with Gasteiger partial charge < -0.3 is 9.47 Å². The van der Waals surface area contributed by atoms with Crippen molar-refractivity contribution in [2.45, 2.75) is 23.5 Å². The lowest BCUT2D eigenvalue weighted by Gasteiger charge is -2.17. The van der Waals surface area contributed by atoms with E-state index in [0.717, 1.165) is 0 Å². The Morgan fingerprint density at radius 3 is 2.31 bits per heavy atom. The highest BCUT2D eigenvalue weighted by molar-refractivity contribution is 7.89. The first kappa shape index (κ1) is 19.7. The number of hydrazine groups is 1. The molecule has 2 unspecified atom stereocenters. The van der Waals surface area contributed by atoms with Gasteiger partial charge in [0.05, 0.1) is 11.0 Å². The third kappa shape index (κ3) is 4.07. The van der Waals surface area contributed by atoms with E-state index in [2.05, 4.69) is 0 Å². The second-order valence-electron chi connectivity index (χ2n) is 6.59. The van der Waals surface area contributed by atoms with E-state index in [1.807, 2.05) is 4.83 Å². The summed E-state index contributed by atoms with van der Waals surface area (Å²) in [4.78, 5) is 14.0. The van der Waals surface area contributed by atoms with Crippen LogP contribution >= 0.6 is 0 Å². The average Bonchev–Trinajstić information content (AvgIpc) is 3.30. The molecule has 1 heterocycles. The van der Waals surface area contributed by atoms with Gasteiger partial charge in [0, 0.05) is 12.0 Å². The van der Waals surface area contributed by atoms with Crippen LogP contribution in [-0.2, 0) is 24.3 Å². The highest BCUT2D eigenvalue weighted by Crippen LogP contribution is 2.29. The predicted octanol–water partition coefficient (Wildman–Crippen LogP) is 1.98. The molecular weight excluding hydrogens is 403 g/mol. The van der Waals surface area contributed by atoms with Crippen molar-refractivity contribution in [3.05, 3.63) is 66.0 Å². The van der Waals surface area contributed by atoms with Crippen molar-refractivity contribution in [2.24, 2.45) is 0 Å². The number of sulfonamides is 1. The summed E-state index contributed by atoms with van der Waals surface area (Å²) in [6.07, 6.45) is 1.04. The zero-order valence-electron chi connectivity index (χ0n) is 15.0. The standard InChI is InChI=1S/C19H17FN2O6S/c20-15-5-1-12(2-6-15)13-3-7-16(8-4-13)29(25,26)21-22(24)19(23)14-9-17-18(10-14)28-11-27-17/h1-9,17-18,21,24H,10-11H2. The molecular formula is C19H17FN2O6S. The molecule has 2 aromatic carbocycles. The van der Waals surface area contributed by atoms with Gasteiger partial charge in [-0.1, -0.05) is 29.1 Å². The van der Waals surface area contributed by atoms with Crippen LogP contribution < -0.4 is 4.83 Å². The number of carbonyl (C=O) groups excluding carboxylic acids is 1. The molecule has 1 fully saturated rings. The van der Waals surface area contributed by atoms with Crippen molar-refractivity contribution in [3.63, 3.8) is 0 Å². The maximum absolute atomic E-state index is 13.0. The Kier molecular flexibility index (Phi) is 5.19. The van der Waals surface area contributed by atoms with Gasteiger partial charge in [0.25, 0.3) is 15.9 Å². The lowest BCUT2D eigenvalue weighted by Crippen LogP contribution is -2.44. The van der Waals surface area contributed by atoms with E-state index in [1.54, 1.807) is 24.3 Å². The van der Waals surface area contributed by atoms with Crippen molar-refractivity contribution in [1.29, 1.82) is 0 Å². The molecule has 0 radical (unpaired) electrons. The van der Waals surface area contributed by atoms with E-state index in [0.29, 0.717) is 11.1 Å². The molecule has 2 aromatic rings. The number of hydrogen-bond donors (Lipinski definition) is 2. The van der Waals surface area contributed by atoms with Gasteiger partial charge in [0.15, 0.2) is 0 Å². The summed E-state index contributed by atoms with van der Waals surface area (Å²) in [6.45, 7) is 0.136. The van der Waals surface area contributed by atoms with E-state index < -0.39 is 15.9 Å². The summed E-state index contributed by atoms with van der Waals surface area (Å²) in [5, 5.41) is 9.87. The van der Waals surface area contributed by atoms with Crippen LogP contribution in [0.3, 0.4) is 0 Å². The first-order chi connectivity index (χ1) is 13.8. The van der Waals surface area contributed by atoms with Gasteiger partial charge in [-0.3, -0.25) is 10.0 Å². The molecule has 1 aliphatic heterocycles. The molecule has 152 valence electrons. The summed E-state index contributed by atoms with van der Waals surface area (Å²) < 4.78 is 48.5. The second kappa shape index (κ2) is 7.65. The fourth-order valence-electron chi connectivity index (χ4n) is 3.19. The molecule has 0 saturated carbocycles. The second-order valence-corrected chi connectivity index (χ2v) is 8.25. The highest BCUT2D eigenvalue weighted by Gasteiger charge is 2.38. The number of carbonyl (C=O) groups is 1. The normalized spacial score (nSPS) is 21.0. The van der Waals surface area contributed by atoms with E-state index in [1.165, 1.54) is 30.3 Å². The third-order valence-corrected chi connectivity index (χ3v) is 6.02. The number of amides is 1. The van der Waals surface area contributed by atoms with Gasteiger partial charge in [0.2, 0.25) is 0 Å².